The van der Waals surface area contributed by atoms with Crippen LogP contribution < -0.4 is 0 Å². The Morgan fingerprint density at radius 1 is 0.933 bits per heavy atom. The SMILES string of the molecule is Fc1ccc(-c2nn(C3CCCCO3)c3ccc(/C=C/c4ccncc4)cc23)cc1. The number of hydrogen-bond acceptors (Lipinski definition) is 3. The Kier molecular flexibility index (Phi) is 5.11. The van der Waals surface area contributed by atoms with Crippen LogP contribution in [0.4, 0.5) is 4.39 Å². The van der Waals surface area contributed by atoms with Gasteiger partial charge in [-0.25, -0.2) is 9.07 Å². The van der Waals surface area contributed by atoms with Crippen LogP contribution in [0.2, 0.25) is 0 Å². The highest BCUT2D eigenvalue weighted by Gasteiger charge is 2.21. The highest BCUT2D eigenvalue weighted by atomic mass is 19.1. The standard InChI is InChI=1S/C25H22FN3O/c26-21-9-7-20(8-10-21)25-22-17-19(5-4-18-12-14-27-15-13-18)6-11-23(22)29(28-25)24-3-1-2-16-30-24/h4-15,17,24H,1-3,16H2/b5-4+. The van der Waals surface area contributed by atoms with Gasteiger partial charge in [0.1, 0.15) is 11.5 Å². The molecule has 0 saturated carbocycles. The Labute approximate surface area is 174 Å². The number of aromatic nitrogens is 3. The monoisotopic (exact) mass is 399 g/mol. The highest BCUT2D eigenvalue weighted by Crippen LogP contribution is 2.33. The third-order valence-corrected chi connectivity index (χ3v) is 5.45. The van der Waals surface area contributed by atoms with Crippen LogP contribution in [-0.4, -0.2) is 21.4 Å². The van der Waals surface area contributed by atoms with E-state index >= 15 is 0 Å². The van der Waals surface area contributed by atoms with E-state index in [0.717, 1.165) is 59.2 Å². The van der Waals surface area contributed by atoms with Crippen molar-refractivity contribution in [1.82, 2.24) is 14.8 Å². The van der Waals surface area contributed by atoms with E-state index < -0.39 is 0 Å². The maximum atomic E-state index is 13.5. The van der Waals surface area contributed by atoms with Crippen LogP contribution in [0.15, 0.2) is 67.0 Å². The van der Waals surface area contributed by atoms with Crippen LogP contribution >= 0.6 is 0 Å². The number of fused-ring (bicyclic) bond motifs is 1. The predicted molar refractivity (Wildman–Crippen MR) is 117 cm³/mol. The smallest absolute Gasteiger partial charge is 0.150 e. The molecule has 0 amide bonds. The molecule has 5 heteroatoms. The molecular formula is C25H22FN3O. The zero-order valence-electron chi connectivity index (χ0n) is 16.5. The summed E-state index contributed by atoms with van der Waals surface area (Å²) in [5, 5.41) is 5.94. The van der Waals surface area contributed by atoms with Gasteiger partial charge in [0.25, 0.3) is 0 Å². The lowest BCUT2D eigenvalue weighted by Crippen LogP contribution is -2.19. The van der Waals surface area contributed by atoms with Crippen molar-refractivity contribution in [3.63, 3.8) is 0 Å². The lowest BCUT2D eigenvalue weighted by atomic mass is 10.0. The minimum Gasteiger partial charge on any atom is -0.356 e. The molecule has 0 radical (unpaired) electrons. The molecular weight excluding hydrogens is 377 g/mol. The lowest BCUT2D eigenvalue weighted by molar-refractivity contribution is -0.0365. The zero-order chi connectivity index (χ0) is 20.3. The molecule has 1 fully saturated rings. The summed E-state index contributed by atoms with van der Waals surface area (Å²) >= 11 is 0. The van der Waals surface area contributed by atoms with Crippen molar-refractivity contribution < 1.29 is 9.13 Å². The molecule has 1 atom stereocenters. The first-order chi connectivity index (χ1) is 14.8. The maximum absolute atomic E-state index is 13.5. The first-order valence-electron chi connectivity index (χ1n) is 10.3. The Morgan fingerprint density at radius 3 is 2.50 bits per heavy atom. The minimum atomic E-state index is -0.251. The molecule has 1 unspecified atom stereocenters. The van der Waals surface area contributed by atoms with Gasteiger partial charge in [-0.15, -0.1) is 0 Å². The van der Waals surface area contributed by atoms with Gasteiger partial charge in [-0.05, 0) is 78.9 Å². The van der Waals surface area contributed by atoms with Crippen molar-refractivity contribution in [2.45, 2.75) is 25.5 Å². The van der Waals surface area contributed by atoms with Crippen LogP contribution in [0.1, 0.15) is 36.6 Å². The fourth-order valence-corrected chi connectivity index (χ4v) is 3.89. The molecule has 1 aliphatic heterocycles. The Bertz CT molecular complexity index is 1180. The highest BCUT2D eigenvalue weighted by molar-refractivity contribution is 5.95. The predicted octanol–water partition coefficient (Wildman–Crippen LogP) is 6.11. The lowest BCUT2D eigenvalue weighted by Gasteiger charge is -2.23. The molecule has 1 saturated heterocycles. The topological polar surface area (TPSA) is 39.9 Å². The van der Waals surface area contributed by atoms with E-state index in [0.29, 0.717) is 0 Å². The van der Waals surface area contributed by atoms with Crippen LogP contribution in [0.5, 0.6) is 0 Å². The second-order valence-electron chi connectivity index (χ2n) is 7.51. The summed E-state index contributed by atoms with van der Waals surface area (Å²) in [6.45, 7) is 0.755. The second kappa shape index (κ2) is 8.20. The van der Waals surface area contributed by atoms with Gasteiger partial charge in [0.05, 0.1) is 5.52 Å². The molecule has 1 aliphatic rings. The van der Waals surface area contributed by atoms with Crippen molar-refractivity contribution in [2.24, 2.45) is 0 Å². The second-order valence-corrected chi connectivity index (χ2v) is 7.51. The van der Waals surface area contributed by atoms with Crippen molar-refractivity contribution >= 4 is 23.1 Å². The molecule has 0 N–H and O–H groups in total. The fraction of sp³-hybridized carbons (Fsp3) is 0.200. The van der Waals surface area contributed by atoms with Crippen molar-refractivity contribution in [3.05, 3.63) is 83.9 Å². The summed E-state index contributed by atoms with van der Waals surface area (Å²) in [5.41, 5.74) is 4.94. The number of hydrogen-bond donors (Lipinski definition) is 0. The molecule has 4 aromatic rings. The molecule has 4 nitrogen and oxygen atoms in total. The molecule has 3 heterocycles. The maximum Gasteiger partial charge on any atom is 0.150 e. The first kappa shape index (κ1) is 18.7. The Balaban J connectivity index is 1.60. The van der Waals surface area contributed by atoms with Crippen molar-refractivity contribution in [3.8, 4) is 11.3 Å². The largest absolute Gasteiger partial charge is 0.356 e. The molecule has 30 heavy (non-hydrogen) atoms. The number of benzene rings is 2. The third-order valence-electron chi connectivity index (χ3n) is 5.45. The average molecular weight is 399 g/mol. The quantitative estimate of drug-likeness (QED) is 0.416. The first-order valence-corrected chi connectivity index (χ1v) is 10.3. The van der Waals surface area contributed by atoms with Gasteiger partial charge in [-0.2, -0.15) is 5.10 Å². The average Bonchev–Trinajstić information content (AvgIpc) is 3.18. The number of rotatable bonds is 4. The molecule has 0 bridgehead atoms. The van der Waals surface area contributed by atoms with Gasteiger partial charge >= 0.3 is 0 Å². The molecule has 0 aliphatic carbocycles. The minimum absolute atomic E-state index is 0.0614. The number of nitrogens with zero attached hydrogens (tertiary/aromatic N) is 3. The Morgan fingerprint density at radius 2 is 1.73 bits per heavy atom. The van der Waals surface area contributed by atoms with Gasteiger partial charge in [-0.1, -0.05) is 18.2 Å². The van der Waals surface area contributed by atoms with E-state index in [9.17, 15) is 4.39 Å². The summed E-state index contributed by atoms with van der Waals surface area (Å²) < 4.78 is 21.5. The number of ether oxygens (including phenoxy) is 1. The van der Waals surface area contributed by atoms with E-state index in [1.54, 1.807) is 24.5 Å². The number of halogens is 1. The molecule has 0 spiro atoms. The van der Waals surface area contributed by atoms with E-state index in [-0.39, 0.29) is 12.0 Å². The normalized spacial score (nSPS) is 17.0. The van der Waals surface area contributed by atoms with Crippen LogP contribution in [0.25, 0.3) is 34.3 Å². The summed E-state index contributed by atoms with van der Waals surface area (Å²) in [6, 6.07) is 16.8. The number of pyridine rings is 1. The van der Waals surface area contributed by atoms with Gasteiger partial charge in [-0.3, -0.25) is 4.98 Å². The van der Waals surface area contributed by atoms with Crippen LogP contribution in [0.3, 0.4) is 0 Å². The van der Waals surface area contributed by atoms with E-state index in [1.807, 2.05) is 16.8 Å². The fourth-order valence-electron chi connectivity index (χ4n) is 3.89. The Hall–Kier alpha value is -3.31. The summed E-state index contributed by atoms with van der Waals surface area (Å²) in [6.07, 6.45) is 10.8. The van der Waals surface area contributed by atoms with Crippen molar-refractivity contribution in [1.29, 1.82) is 0 Å². The molecule has 2 aromatic carbocycles. The van der Waals surface area contributed by atoms with Crippen LogP contribution in [-0.2, 0) is 4.74 Å². The van der Waals surface area contributed by atoms with E-state index in [2.05, 4.69) is 35.3 Å². The zero-order valence-corrected chi connectivity index (χ0v) is 16.5. The molecule has 2 aromatic heterocycles. The van der Waals surface area contributed by atoms with Gasteiger partial charge in [0.2, 0.25) is 0 Å². The van der Waals surface area contributed by atoms with Gasteiger partial charge in [0, 0.05) is 30.0 Å². The van der Waals surface area contributed by atoms with E-state index in [1.165, 1.54) is 12.1 Å². The van der Waals surface area contributed by atoms with E-state index in [4.69, 9.17) is 9.84 Å². The van der Waals surface area contributed by atoms with Gasteiger partial charge < -0.3 is 4.74 Å². The molecule has 150 valence electrons. The van der Waals surface area contributed by atoms with Crippen LogP contribution in [0, 0.1) is 5.82 Å². The summed E-state index contributed by atoms with van der Waals surface area (Å²) in [7, 11) is 0. The van der Waals surface area contributed by atoms with Crippen molar-refractivity contribution in [2.75, 3.05) is 6.61 Å². The third kappa shape index (κ3) is 3.76. The van der Waals surface area contributed by atoms with Gasteiger partial charge in [0.15, 0.2) is 6.23 Å². The summed E-state index contributed by atoms with van der Waals surface area (Å²) in [4.78, 5) is 4.06. The molecule has 5 rings (SSSR count). The summed E-state index contributed by atoms with van der Waals surface area (Å²) in [5.74, 6) is -0.251.